The van der Waals surface area contributed by atoms with Crippen LogP contribution in [0.3, 0.4) is 0 Å². The van der Waals surface area contributed by atoms with Gasteiger partial charge in [0.25, 0.3) is 5.91 Å². The van der Waals surface area contributed by atoms with Crippen LogP contribution in [0.1, 0.15) is 19.4 Å². The number of amidine groups is 1. The summed E-state index contributed by atoms with van der Waals surface area (Å²) in [7, 11) is 1.45. The maximum atomic E-state index is 12.3. The number of nitrogens with one attached hydrogen (secondary N) is 1. The molecule has 162 valence electrons. The van der Waals surface area contributed by atoms with Crippen molar-refractivity contribution in [2.75, 3.05) is 13.7 Å². The Kier molecular flexibility index (Phi) is 7.19. The number of ether oxygens (including phenoxy) is 3. The van der Waals surface area contributed by atoms with Crippen LogP contribution in [0.15, 0.2) is 52.4 Å². The Bertz CT molecular complexity index is 1030. The zero-order valence-electron chi connectivity index (χ0n) is 17.2. The number of carbonyl (C=O) groups excluding carboxylic acids is 2. The number of hydrogen-bond acceptors (Lipinski definition) is 8. The normalized spacial score (nSPS) is 16.8. The van der Waals surface area contributed by atoms with Gasteiger partial charge in [-0.25, -0.2) is 4.99 Å². The molecule has 0 aliphatic carbocycles. The van der Waals surface area contributed by atoms with Crippen molar-refractivity contribution >= 4 is 40.6 Å². The first-order valence-corrected chi connectivity index (χ1v) is 10.3. The maximum Gasteiger partial charge on any atom is 0.264 e. The third-order valence-electron chi connectivity index (χ3n) is 4.15. The zero-order chi connectivity index (χ0) is 22.4. The molecular formula is C22H21N2O6S-. The first kappa shape index (κ1) is 22.2. The Balaban J connectivity index is 1.76. The van der Waals surface area contributed by atoms with Crippen LogP contribution >= 0.6 is 11.8 Å². The highest BCUT2D eigenvalue weighted by Crippen LogP contribution is 2.33. The predicted molar refractivity (Wildman–Crippen MR) is 117 cm³/mol. The minimum Gasteiger partial charge on any atom is -0.546 e. The van der Waals surface area contributed by atoms with Crippen LogP contribution in [0.2, 0.25) is 0 Å². The molecule has 1 saturated heterocycles. The van der Waals surface area contributed by atoms with E-state index < -0.39 is 12.1 Å². The highest BCUT2D eigenvalue weighted by molar-refractivity contribution is 8.18. The number of aliphatic imine (C=N–C) groups is 1. The number of methoxy groups -OCH3 is 1. The molecule has 0 radical (unpaired) electrons. The molecule has 1 heterocycles. The molecule has 0 aromatic heterocycles. The number of rotatable bonds is 8. The number of benzene rings is 2. The van der Waals surface area contributed by atoms with Gasteiger partial charge in [-0.05, 0) is 73.6 Å². The van der Waals surface area contributed by atoms with Gasteiger partial charge < -0.3 is 29.4 Å². The standard InChI is InChI=1S/C22H22N2O6S/c1-4-29-16-8-6-15(7-9-16)23-22-24-20(25)19(31-22)12-14-5-10-17(18(11-14)28-3)30-13(2)21(26)27/h5-13H,4H2,1-3H3,(H,26,27)(H,23,24,25)/p-1/b19-12-/t13-/m0/s1. The quantitative estimate of drug-likeness (QED) is 0.627. The highest BCUT2D eigenvalue weighted by Gasteiger charge is 2.24. The lowest BCUT2D eigenvalue weighted by molar-refractivity contribution is -0.312. The molecule has 1 aliphatic rings. The fourth-order valence-electron chi connectivity index (χ4n) is 2.64. The molecule has 1 aliphatic heterocycles. The summed E-state index contributed by atoms with van der Waals surface area (Å²) >= 11 is 1.22. The monoisotopic (exact) mass is 441 g/mol. The number of hydrogen-bond donors (Lipinski definition) is 1. The predicted octanol–water partition coefficient (Wildman–Crippen LogP) is 2.50. The second-order valence-electron chi connectivity index (χ2n) is 6.40. The van der Waals surface area contributed by atoms with E-state index in [9.17, 15) is 14.7 Å². The first-order valence-electron chi connectivity index (χ1n) is 9.47. The van der Waals surface area contributed by atoms with Crippen molar-refractivity contribution in [3.8, 4) is 17.2 Å². The van der Waals surface area contributed by atoms with Gasteiger partial charge in [-0.3, -0.25) is 4.79 Å². The van der Waals surface area contributed by atoms with Gasteiger partial charge in [-0.1, -0.05) is 6.07 Å². The van der Waals surface area contributed by atoms with E-state index in [0.29, 0.717) is 33.7 Å². The number of nitrogens with zero attached hydrogens (tertiary/aromatic N) is 1. The van der Waals surface area contributed by atoms with E-state index in [1.807, 2.05) is 31.2 Å². The number of amides is 1. The summed E-state index contributed by atoms with van der Waals surface area (Å²) in [5, 5.41) is 14.1. The molecule has 1 fully saturated rings. The first-order chi connectivity index (χ1) is 14.9. The Morgan fingerprint density at radius 2 is 1.97 bits per heavy atom. The van der Waals surface area contributed by atoms with Crippen LogP contribution < -0.4 is 24.6 Å². The Hall–Kier alpha value is -3.46. The van der Waals surface area contributed by atoms with Crippen molar-refractivity contribution in [3.05, 3.63) is 52.9 Å². The second kappa shape index (κ2) is 10.0. The SMILES string of the molecule is CCOc1ccc(N=C2NC(=O)/C(=C/c3ccc(O[C@@H](C)C(=O)[O-])c(OC)c3)S2)cc1. The van der Waals surface area contributed by atoms with Gasteiger partial charge in [0.1, 0.15) is 11.9 Å². The zero-order valence-corrected chi connectivity index (χ0v) is 18.0. The summed E-state index contributed by atoms with van der Waals surface area (Å²) in [5.74, 6) is -0.228. The number of aliphatic carboxylic acids is 1. The van der Waals surface area contributed by atoms with Crippen molar-refractivity contribution in [2.45, 2.75) is 20.0 Å². The Labute approximate surface area is 183 Å². The summed E-state index contributed by atoms with van der Waals surface area (Å²) in [6.07, 6.45) is 0.561. The van der Waals surface area contributed by atoms with Gasteiger partial charge in [-0.2, -0.15) is 0 Å². The van der Waals surface area contributed by atoms with Crippen molar-refractivity contribution in [1.82, 2.24) is 5.32 Å². The molecule has 0 spiro atoms. The lowest BCUT2D eigenvalue weighted by Crippen LogP contribution is -2.37. The fraction of sp³-hybridized carbons (Fsp3) is 0.227. The topological polar surface area (TPSA) is 109 Å². The molecule has 31 heavy (non-hydrogen) atoms. The van der Waals surface area contributed by atoms with Crippen LogP contribution in [0.25, 0.3) is 6.08 Å². The summed E-state index contributed by atoms with van der Waals surface area (Å²) in [6.45, 7) is 3.87. The molecule has 0 saturated carbocycles. The molecule has 1 N–H and O–H groups in total. The van der Waals surface area contributed by atoms with E-state index in [0.717, 1.165) is 5.75 Å². The van der Waals surface area contributed by atoms with E-state index in [1.165, 1.54) is 25.8 Å². The fourth-order valence-corrected chi connectivity index (χ4v) is 3.48. The van der Waals surface area contributed by atoms with Crippen molar-refractivity contribution in [3.63, 3.8) is 0 Å². The van der Waals surface area contributed by atoms with Gasteiger partial charge in [-0.15, -0.1) is 0 Å². The average Bonchev–Trinajstić information content (AvgIpc) is 3.09. The van der Waals surface area contributed by atoms with Gasteiger partial charge in [0.15, 0.2) is 16.7 Å². The molecule has 2 aromatic carbocycles. The van der Waals surface area contributed by atoms with Gasteiger partial charge in [0, 0.05) is 0 Å². The molecule has 1 amide bonds. The Morgan fingerprint density at radius 1 is 1.23 bits per heavy atom. The average molecular weight is 441 g/mol. The van der Waals surface area contributed by atoms with E-state index in [-0.39, 0.29) is 11.7 Å². The molecule has 0 unspecified atom stereocenters. The van der Waals surface area contributed by atoms with Crippen molar-refractivity contribution in [2.24, 2.45) is 4.99 Å². The third-order valence-corrected chi connectivity index (χ3v) is 5.06. The summed E-state index contributed by atoms with van der Waals surface area (Å²) < 4.78 is 16.0. The number of carbonyl (C=O) groups is 2. The molecule has 1 atom stereocenters. The van der Waals surface area contributed by atoms with Crippen molar-refractivity contribution in [1.29, 1.82) is 0 Å². The van der Waals surface area contributed by atoms with Gasteiger partial charge >= 0.3 is 0 Å². The minimum atomic E-state index is -1.33. The lowest BCUT2D eigenvalue weighted by Gasteiger charge is -2.17. The number of thioether (sulfide) groups is 1. The lowest BCUT2D eigenvalue weighted by atomic mass is 10.2. The highest BCUT2D eigenvalue weighted by atomic mass is 32.2. The van der Waals surface area contributed by atoms with Crippen LogP contribution in [0.4, 0.5) is 5.69 Å². The van der Waals surface area contributed by atoms with Crippen LogP contribution in [0.5, 0.6) is 17.2 Å². The number of carboxylic acids is 1. The summed E-state index contributed by atoms with van der Waals surface area (Å²) in [4.78, 5) is 28.1. The number of carboxylic acid groups (broad SMARTS) is 1. The minimum absolute atomic E-state index is 0.264. The van der Waals surface area contributed by atoms with Crippen molar-refractivity contribution < 1.29 is 28.9 Å². The van der Waals surface area contributed by atoms with Crippen LogP contribution in [-0.4, -0.2) is 36.9 Å². The maximum absolute atomic E-state index is 12.3. The largest absolute Gasteiger partial charge is 0.546 e. The smallest absolute Gasteiger partial charge is 0.264 e. The van der Waals surface area contributed by atoms with Gasteiger partial charge in [0.2, 0.25) is 0 Å². The Morgan fingerprint density at radius 3 is 2.61 bits per heavy atom. The molecule has 0 bridgehead atoms. The van der Waals surface area contributed by atoms with E-state index >= 15 is 0 Å². The third kappa shape index (κ3) is 5.79. The van der Waals surface area contributed by atoms with E-state index in [2.05, 4.69) is 10.3 Å². The molecule has 3 rings (SSSR count). The molecule has 2 aromatic rings. The van der Waals surface area contributed by atoms with E-state index in [4.69, 9.17) is 14.2 Å². The van der Waals surface area contributed by atoms with Crippen LogP contribution in [-0.2, 0) is 9.59 Å². The second-order valence-corrected chi connectivity index (χ2v) is 7.43. The molecular weight excluding hydrogens is 420 g/mol. The molecule has 8 nitrogen and oxygen atoms in total. The summed E-state index contributed by atoms with van der Waals surface area (Å²) in [5.41, 5.74) is 1.38. The van der Waals surface area contributed by atoms with Gasteiger partial charge in [0.05, 0.1) is 30.3 Å². The van der Waals surface area contributed by atoms with Crippen LogP contribution in [0, 0.1) is 0 Å². The summed E-state index contributed by atoms with van der Waals surface area (Å²) in [6, 6.07) is 12.2. The molecule has 9 heteroatoms. The van der Waals surface area contributed by atoms with E-state index in [1.54, 1.807) is 24.3 Å².